The van der Waals surface area contributed by atoms with Crippen molar-refractivity contribution in [3.63, 3.8) is 0 Å². The predicted molar refractivity (Wildman–Crippen MR) is 109 cm³/mol. The van der Waals surface area contributed by atoms with E-state index in [0.717, 1.165) is 21.6 Å². The van der Waals surface area contributed by atoms with Crippen molar-refractivity contribution in [3.8, 4) is 5.75 Å². The molecule has 0 spiro atoms. The lowest BCUT2D eigenvalue weighted by molar-refractivity contribution is -0.121. The minimum atomic E-state index is -0.445. The molecule has 3 aromatic carbocycles. The lowest BCUT2D eigenvalue weighted by atomic mass is 9.94. The third kappa shape index (κ3) is 3.45. The number of ether oxygens (including phenoxy) is 1. The number of carbonyl (C=O) groups excluding carboxylic acids is 3. The smallest absolute Gasteiger partial charge is 0.261 e. The van der Waals surface area contributed by atoms with Crippen LogP contribution in [0.4, 0.5) is 0 Å². The van der Waals surface area contributed by atoms with Gasteiger partial charge in [0.05, 0.1) is 7.11 Å². The Morgan fingerprint density at radius 3 is 2.24 bits per heavy atom. The molecule has 0 saturated heterocycles. The molecule has 146 valence electrons. The first-order chi connectivity index (χ1) is 14.1. The van der Waals surface area contributed by atoms with Crippen molar-refractivity contribution in [1.29, 1.82) is 0 Å². The van der Waals surface area contributed by atoms with Gasteiger partial charge in [0.15, 0.2) is 0 Å². The Morgan fingerprint density at radius 2 is 1.59 bits per heavy atom. The summed E-state index contributed by atoms with van der Waals surface area (Å²) in [5, 5.41) is 4.27. The Bertz CT molecular complexity index is 1070. The van der Waals surface area contributed by atoms with E-state index in [2.05, 4.69) is 5.32 Å². The second kappa shape index (κ2) is 7.75. The molecule has 0 aromatic heterocycles. The largest absolute Gasteiger partial charge is 0.496 e. The summed E-state index contributed by atoms with van der Waals surface area (Å²) < 4.78 is 5.30. The van der Waals surface area contributed by atoms with Gasteiger partial charge in [0.25, 0.3) is 11.8 Å². The number of imide groups is 1. The number of benzene rings is 3. The van der Waals surface area contributed by atoms with E-state index in [1.165, 1.54) is 0 Å². The number of hydrogen-bond donors (Lipinski definition) is 1. The zero-order valence-electron chi connectivity index (χ0n) is 16.0. The average molecular weight is 388 g/mol. The molecule has 1 aliphatic heterocycles. The van der Waals surface area contributed by atoms with Crippen molar-refractivity contribution in [2.75, 3.05) is 20.2 Å². The summed E-state index contributed by atoms with van der Waals surface area (Å²) in [5.41, 5.74) is 1.86. The first-order valence-electron chi connectivity index (χ1n) is 9.36. The van der Waals surface area contributed by atoms with Crippen LogP contribution in [-0.4, -0.2) is 42.8 Å². The predicted octanol–water partition coefficient (Wildman–Crippen LogP) is 2.80. The lowest BCUT2D eigenvalue weighted by Gasteiger charge is -2.26. The maximum atomic E-state index is 12.8. The Labute approximate surface area is 168 Å². The van der Waals surface area contributed by atoms with Crippen molar-refractivity contribution in [2.45, 2.75) is 6.42 Å². The van der Waals surface area contributed by atoms with Crippen LogP contribution in [0.15, 0.2) is 60.7 Å². The van der Waals surface area contributed by atoms with E-state index in [9.17, 15) is 14.4 Å². The minimum Gasteiger partial charge on any atom is -0.496 e. The normalized spacial score (nSPS) is 12.9. The van der Waals surface area contributed by atoms with Crippen molar-refractivity contribution in [3.05, 3.63) is 77.4 Å². The maximum absolute atomic E-state index is 12.8. The second-order valence-corrected chi connectivity index (χ2v) is 6.82. The Balaban J connectivity index is 1.45. The van der Waals surface area contributed by atoms with Crippen molar-refractivity contribution < 1.29 is 19.1 Å². The van der Waals surface area contributed by atoms with E-state index in [4.69, 9.17) is 4.74 Å². The Hall–Kier alpha value is -3.67. The van der Waals surface area contributed by atoms with Crippen LogP contribution in [0.5, 0.6) is 5.75 Å². The van der Waals surface area contributed by atoms with Gasteiger partial charge >= 0.3 is 0 Å². The molecule has 3 aromatic rings. The van der Waals surface area contributed by atoms with Crippen LogP contribution in [0, 0.1) is 0 Å². The van der Waals surface area contributed by atoms with Crippen LogP contribution in [0.3, 0.4) is 0 Å². The summed E-state index contributed by atoms with van der Waals surface area (Å²) >= 11 is 0. The van der Waals surface area contributed by atoms with Gasteiger partial charge in [0.1, 0.15) is 12.3 Å². The molecular weight excluding hydrogens is 368 g/mol. The van der Waals surface area contributed by atoms with Gasteiger partial charge in [-0.05, 0) is 35.6 Å². The molecule has 1 N–H and O–H groups in total. The van der Waals surface area contributed by atoms with Gasteiger partial charge in [-0.15, -0.1) is 0 Å². The monoisotopic (exact) mass is 388 g/mol. The lowest BCUT2D eigenvalue weighted by Crippen LogP contribution is -2.46. The number of methoxy groups -OCH3 is 1. The van der Waals surface area contributed by atoms with Crippen LogP contribution in [0.1, 0.15) is 26.3 Å². The molecule has 0 radical (unpaired) electrons. The van der Waals surface area contributed by atoms with Gasteiger partial charge in [-0.25, -0.2) is 0 Å². The molecule has 0 fully saturated rings. The van der Waals surface area contributed by atoms with Crippen LogP contribution >= 0.6 is 0 Å². The Kier molecular flexibility index (Phi) is 4.99. The van der Waals surface area contributed by atoms with Gasteiger partial charge in [0.2, 0.25) is 5.91 Å². The van der Waals surface area contributed by atoms with Gasteiger partial charge < -0.3 is 10.1 Å². The van der Waals surface area contributed by atoms with Crippen LogP contribution in [0.25, 0.3) is 10.8 Å². The van der Waals surface area contributed by atoms with Gasteiger partial charge in [0, 0.05) is 23.1 Å². The fourth-order valence-corrected chi connectivity index (χ4v) is 3.67. The second-order valence-electron chi connectivity index (χ2n) is 6.82. The summed E-state index contributed by atoms with van der Waals surface area (Å²) in [5.74, 6) is -0.514. The standard InChI is InChI=1S/C23H20N2O4/c1-29-19-11-3-2-6-15(19)12-13-24-20(26)14-25-22(27)17-9-4-7-16-8-5-10-18(21(16)17)23(25)28/h2-11H,12-14H2,1H3,(H,24,26). The quantitative estimate of drug-likeness (QED) is 0.659. The van der Waals surface area contributed by atoms with Crippen LogP contribution in [0.2, 0.25) is 0 Å². The van der Waals surface area contributed by atoms with Gasteiger partial charge in [-0.2, -0.15) is 0 Å². The van der Waals surface area contributed by atoms with Crippen molar-refractivity contribution in [1.82, 2.24) is 10.2 Å². The van der Waals surface area contributed by atoms with E-state index in [0.29, 0.717) is 29.5 Å². The van der Waals surface area contributed by atoms with E-state index >= 15 is 0 Å². The van der Waals surface area contributed by atoms with Gasteiger partial charge in [-0.3, -0.25) is 19.3 Å². The third-order valence-corrected chi connectivity index (χ3v) is 5.07. The molecule has 6 nitrogen and oxygen atoms in total. The van der Waals surface area contributed by atoms with Gasteiger partial charge in [-0.1, -0.05) is 42.5 Å². The number of rotatable bonds is 6. The summed E-state index contributed by atoms with van der Waals surface area (Å²) in [4.78, 5) is 39.1. The zero-order chi connectivity index (χ0) is 20.4. The molecule has 0 saturated carbocycles. The molecule has 1 aliphatic rings. The molecule has 0 unspecified atom stereocenters. The fraction of sp³-hybridized carbons (Fsp3) is 0.174. The van der Waals surface area contributed by atoms with E-state index in [1.807, 2.05) is 36.4 Å². The fourth-order valence-electron chi connectivity index (χ4n) is 3.67. The van der Waals surface area contributed by atoms with Crippen molar-refractivity contribution in [2.24, 2.45) is 0 Å². The molecule has 0 atom stereocenters. The highest BCUT2D eigenvalue weighted by atomic mass is 16.5. The molecule has 3 amide bonds. The molecule has 0 bridgehead atoms. The molecular formula is C23H20N2O4. The van der Waals surface area contributed by atoms with Crippen molar-refractivity contribution >= 4 is 28.5 Å². The molecule has 6 heteroatoms. The zero-order valence-corrected chi connectivity index (χ0v) is 16.0. The number of carbonyl (C=O) groups is 3. The minimum absolute atomic E-state index is 0.311. The summed E-state index contributed by atoms with van der Waals surface area (Å²) in [6.07, 6.45) is 0.583. The number of nitrogens with zero attached hydrogens (tertiary/aromatic N) is 1. The highest BCUT2D eigenvalue weighted by Gasteiger charge is 2.33. The first-order valence-corrected chi connectivity index (χ1v) is 9.36. The topological polar surface area (TPSA) is 75.7 Å². The summed E-state index contributed by atoms with van der Waals surface area (Å²) in [6.45, 7) is 0.0654. The molecule has 0 aliphatic carbocycles. The highest BCUT2D eigenvalue weighted by Crippen LogP contribution is 2.29. The highest BCUT2D eigenvalue weighted by molar-refractivity contribution is 6.26. The Morgan fingerprint density at radius 1 is 0.931 bits per heavy atom. The first kappa shape index (κ1) is 18.7. The maximum Gasteiger partial charge on any atom is 0.261 e. The molecule has 4 rings (SSSR count). The molecule has 1 heterocycles. The third-order valence-electron chi connectivity index (χ3n) is 5.07. The molecule has 29 heavy (non-hydrogen) atoms. The number of hydrogen-bond acceptors (Lipinski definition) is 4. The summed E-state index contributed by atoms with van der Waals surface area (Å²) in [6, 6.07) is 18.2. The number of para-hydroxylation sites is 1. The van der Waals surface area contributed by atoms with E-state index in [-0.39, 0.29) is 12.5 Å². The van der Waals surface area contributed by atoms with Crippen LogP contribution in [-0.2, 0) is 11.2 Å². The van der Waals surface area contributed by atoms with Crippen LogP contribution < -0.4 is 10.1 Å². The number of amides is 3. The number of nitrogens with one attached hydrogen (secondary N) is 1. The summed E-state index contributed by atoms with van der Waals surface area (Å²) in [7, 11) is 1.60. The van der Waals surface area contributed by atoms with E-state index in [1.54, 1.807) is 31.4 Å². The average Bonchev–Trinajstić information content (AvgIpc) is 2.75. The van der Waals surface area contributed by atoms with E-state index < -0.39 is 11.8 Å². The SMILES string of the molecule is COc1ccccc1CCNC(=O)CN1C(=O)c2cccc3cccc(c23)C1=O.